The first-order valence-corrected chi connectivity index (χ1v) is 7.16. The highest BCUT2D eigenvalue weighted by Gasteiger charge is 2.22. The number of halogens is 2. The van der Waals surface area contributed by atoms with Gasteiger partial charge in [-0.15, -0.1) is 0 Å². The van der Waals surface area contributed by atoms with E-state index in [1.54, 1.807) is 18.3 Å². The van der Waals surface area contributed by atoms with Crippen molar-refractivity contribution >= 4 is 11.6 Å². The predicted octanol–water partition coefficient (Wildman–Crippen LogP) is 3.70. The van der Waals surface area contributed by atoms with Crippen molar-refractivity contribution in [2.24, 2.45) is 0 Å². The summed E-state index contributed by atoms with van der Waals surface area (Å²) in [5, 5.41) is 8.24. The fourth-order valence-corrected chi connectivity index (χ4v) is 2.64. The SMILES string of the molecule is CCNC(c1cc(F)ccc1C)c1c(Cl)cnn1CC. The lowest BCUT2D eigenvalue weighted by molar-refractivity contribution is 0.537. The summed E-state index contributed by atoms with van der Waals surface area (Å²) in [7, 11) is 0. The van der Waals surface area contributed by atoms with Crippen molar-refractivity contribution < 1.29 is 4.39 Å². The number of nitrogens with zero attached hydrogens (tertiary/aromatic N) is 2. The molecule has 1 heterocycles. The molecule has 0 aliphatic heterocycles. The lowest BCUT2D eigenvalue weighted by atomic mass is 9.98. The highest BCUT2D eigenvalue weighted by molar-refractivity contribution is 6.31. The minimum absolute atomic E-state index is 0.161. The Balaban J connectivity index is 2.56. The van der Waals surface area contributed by atoms with Gasteiger partial charge >= 0.3 is 0 Å². The Morgan fingerprint density at radius 2 is 2.15 bits per heavy atom. The molecule has 0 fully saturated rings. The number of hydrogen-bond acceptors (Lipinski definition) is 2. The molecule has 0 aliphatic rings. The van der Waals surface area contributed by atoms with E-state index >= 15 is 0 Å². The highest BCUT2D eigenvalue weighted by atomic mass is 35.5. The van der Waals surface area contributed by atoms with Gasteiger partial charge in [-0.2, -0.15) is 5.10 Å². The van der Waals surface area contributed by atoms with Crippen LogP contribution in [-0.2, 0) is 6.54 Å². The third-order valence-corrected chi connectivity index (χ3v) is 3.66. The Bertz CT molecular complexity index is 595. The van der Waals surface area contributed by atoms with Gasteiger partial charge < -0.3 is 5.32 Å². The molecule has 108 valence electrons. The largest absolute Gasteiger partial charge is 0.305 e. The molecule has 5 heteroatoms. The van der Waals surface area contributed by atoms with E-state index in [0.29, 0.717) is 5.02 Å². The van der Waals surface area contributed by atoms with Crippen LogP contribution in [0.3, 0.4) is 0 Å². The molecule has 3 nitrogen and oxygen atoms in total. The van der Waals surface area contributed by atoms with Gasteiger partial charge in [0.05, 0.1) is 23.0 Å². The molecule has 0 spiro atoms. The molecule has 0 amide bonds. The van der Waals surface area contributed by atoms with Crippen LogP contribution in [0.15, 0.2) is 24.4 Å². The lowest BCUT2D eigenvalue weighted by Gasteiger charge is -2.22. The normalized spacial score (nSPS) is 12.7. The first kappa shape index (κ1) is 15.0. The van der Waals surface area contributed by atoms with Crippen molar-refractivity contribution in [1.29, 1.82) is 0 Å². The van der Waals surface area contributed by atoms with E-state index in [0.717, 1.165) is 29.9 Å². The topological polar surface area (TPSA) is 29.9 Å². The molecule has 0 radical (unpaired) electrons. The third-order valence-electron chi connectivity index (χ3n) is 3.37. The Labute approximate surface area is 123 Å². The van der Waals surface area contributed by atoms with E-state index in [4.69, 9.17) is 11.6 Å². The first-order chi connectivity index (χ1) is 9.58. The fraction of sp³-hybridized carbons (Fsp3) is 0.400. The number of hydrogen-bond donors (Lipinski definition) is 1. The van der Waals surface area contributed by atoms with Crippen LogP contribution in [0.5, 0.6) is 0 Å². The second-order valence-corrected chi connectivity index (χ2v) is 5.09. The molecule has 1 atom stereocenters. The van der Waals surface area contributed by atoms with Gasteiger partial charge in [0.1, 0.15) is 5.82 Å². The van der Waals surface area contributed by atoms with Gasteiger partial charge in [-0.05, 0) is 43.7 Å². The Hall–Kier alpha value is -1.39. The van der Waals surface area contributed by atoms with Crippen LogP contribution in [0.25, 0.3) is 0 Å². The third kappa shape index (κ3) is 2.86. The molecule has 1 N–H and O–H groups in total. The Kier molecular flexibility index (Phi) is 4.78. The smallest absolute Gasteiger partial charge is 0.123 e. The van der Waals surface area contributed by atoms with Gasteiger partial charge in [-0.1, -0.05) is 24.6 Å². The van der Waals surface area contributed by atoms with Crippen LogP contribution >= 0.6 is 11.6 Å². The predicted molar refractivity (Wildman–Crippen MR) is 79.6 cm³/mol. The molecule has 2 rings (SSSR count). The van der Waals surface area contributed by atoms with Crippen molar-refractivity contribution in [3.8, 4) is 0 Å². The van der Waals surface area contributed by atoms with E-state index < -0.39 is 0 Å². The number of aromatic nitrogens is 2. The minimum Gasteiger partial charge on any atom is -0.305 e. The van der Waals surface area contributed by atoms with Crippen LogP contribution in [0.4, 0.5) is 4.39 Å². The summed E-state index contributed by atoms with van der Waals surface area (Å²) in [6, 6.07) is 4.66. The second-order valence-electron chi connectivity index (χ2n) is 4.69. The minimum atomic E-state index is -0.243. The molecule has 2 aromatic rings. The van der Waals surface area contributed by atoms with Gasteiger partial charge in [0.15, 0.2) is 0 Å². The summed E-state index contributed by atoms with van der Waals surface area (Å²) in [4.78, 5) is 0. The van der Waals surface area contributed by atoms with Gasteiger partial charge in [0.2, 0.25) is 0 Å². The van der Waals surface area contributed by atoms with Gasteiger partial charge in [-0.25, -0.2) is 4.39 Å². The van der Waals surface area contributed by atoms with Crippen LogP contribution in [0.2, 0.25) is 5.02 Å². The summed E-state index contributed by atoms with van der Waals surface area (Å²) in [5.74, 6) is -0.243. The summed E-state index contributed by atoms with van der Waals surface area (Å²) < 4.78 is 15.4. The second kappa shape index (κ2) is 6.37. The Morgan fingerprint density at radius 1 is 1.40 bits per heavy atom. The average molecular weight is 296 g/mol. The molecule has 1 aromatic heterocycles. The number of nitrogens with one attached hydrogen (secondary N) is 1. The van der Waals surface area contributed by atoms with E-state index in [9.17, 15) is 4.39 Å². The molecular formula is C15H19ClFN3. The standard InChI is InChI=1S/C15H19ClFN3/c1-4-18-14(12-8-11(17)7-6-10(12)3)15-13(16)9-19-20(15)5-2/h6-9,14,18H,4-5H2,1-3H3. The van der Waals surface area contributed by atoms with Crippen LogP contribution in [0.1, 0.15) is 36.7 Å². The molecule has 1 unspecified atom stereocenters. The van der Waals surface area contributed by atoms with Gasteiger partial charge in [-0.3, -0.25) is 4.68 Å². The molecule has 1 aromatic carbocycles. The zero-order valence-electron chi connectivity index (χ0n) is 12.0. The van der Waals surface area contributed by atoms with Crippen LogP contribution in [0, 0.1) is 12.7 Å². The Morgan fingerprint density at radius 3 is 2.80 bits per heavy atom. The highest BCUT2D eigenvalue weighted by Crippen LogP contribution is 2.30. The first-order valence-electron chi connectivity index (χ1n) is 6.79. The quantitative estimate of drug-likeness (QED) is 0.911. The molecule has 0 saturated heterocycles. The summed E-state index contributed by atoms with van der Waals surface area (Å²) in [6.45, 7) is 7.47. The molecule has 20 heavy (non-hydrogen) atoms. The zero-order chi connectivity index (χ0) is 14.7. The van der Waals surface area contributed by atoms with Gasteiger partial charge in [0.25, 0.3) is 0 Å². The van der Waals surface area contributed by atoms with E-state index in [1.165, 1.54) is 6.07 Å². The molecule has 0 aliphatic carbocycles. The monoisotopic (exact) mass is 295 g/mol. The number of aryl methyl sites for hydroxylation is 2. The summed E-state index contributed by atoms with van der Waals surface area (Å²) >= 11 is 6.28. The van der Waals surface area contributed by atoms with E-state index in [1.807, 2.05) is 25.5 Å². The van der Waals surface area contributed by atoms with Gasteiger partial charge in [0, 0.05) is 6.54 Å². The van der Waals surface area contributed by atoms with E-state index in [2.05, 4.69) is 10.4 Å². The number of rotatable bonds is 5. The number of benzene rings is 1. The molecular weight excluding hydrogens is 277 g/mol. The van der Waals surface area contributed by atoms with Crippen molar-refractivity contribution in [1.82, 2.24) is 15.1 Å². The molecule has 0 saturated carbocycles. The maximum absolute atomic E-state index is 13.6. The van der Waals surface area contributed by atoms with Crippen molar-refractivity contribution in [3.63, 3.8) is 0 Å². The van der Waals surface area contributed by atoms with E-state index in [-0.39, 0.29) is 11.9 Å². The fourth-order valence-electron chi connectivity index (χ4n) is 2.39. The van der Waals surface area contributed by atoms with Crippen molar-refractivity contribution in [3.05, 3.63) is 52.1 Å². The van der Waals surface area contributed by atoms with Crippen molar-refractivity contribution in [2.45, 2.75) is 33.4 Å². The summed E-state index contributed by atoms with van der Waals surface area (Å²) in [5.41, 5.74) is 2.80. The summed E-state index contributed by atoms with van der Waals surface area (Å²) in [6.07, 6.45) is 1.64. The maximum atomic E-state index is 13.6. The van der Waals surface area contributed by atoms with Crippen LogP contribution in [-0.4, -0.2) is 16.3 Å². The maximum Gasteiger partial charge on any atom is 0.123 e. The van der Waals surface area contributed by atoms with Crippen LogP contribution < -0.4 is 5.32 Å². The molecule has 0 bridgehead atoms. The average Bonchev–Trinajstić information content (AvgIpc) is 2.80. The zero-order valence-corrected chi connectivity index (χ0v) is 12.7. The lowest BCUT2D eigenvalue weighted by Crippen LogP contribution is -2.26. The van der Waals surface area contributed by atoms with Crippen molar-refractivity contribution in [2.75, 3.05) is 6.54 Å².